The number of Topliss-reactive ketones (excluding diaryl/α,β-unsaturated/α-hetero) is 1. The molecule has 0 amide bonds. The summed E-state index contributed by atoms with van der Waals surface area (Å²) in [5.74, 6) is 0.151. The summed E-state index contributed by atoms with van der Waals surface area (Å²) in [5.41, 5.74) is 2.56. The molecule has 2 unspecified atom stereocenters. The van der Waals surface area contributed by atoms with E-state index >= 15 is 0 Å². The molecule has 6 nitrogen and oxygen atoms in total. The zero-order chi connectivity index (χ0) is 24.9. The lowest BCUT2D eigenvalue weighted by Gasteiger charge is -2.20. The molecule has 0 radical (unpaired) electrons. The van der Waals surface area contributed by atoms with Crippen molar-refractivity contribution in [3.8, 4) is 11.5 Å². The van der Waals surface area contributed by atoms with Gasteiger partial charge in [0.25, 0.3) is 0 Å². The predicted molar refractivity (Wildman–Crippen MR) is 135 cm³/mol. The number of carbonyl (C=O) groups is 2. The number of ether oxygens (including phenoxy) is 2. The largest absolute Gasteiger partial charge is 0.496 e. The van der Waals surface area contributed by atoms with E-state index in [0.717, 1.165) is 24.8 Å². The molecule has 2 rings (SSSR count). The molecular weight excluding hydrogens is 430 g/mol. The van der Waals surface area contributed by atoms with Crippen LogP contribution in [-0.4, -0.2) is 43.7 Å². The van der Waals surface area contributed by atoms with E-state index in [0.29, 0.717) is 49.3 Å². The van der Waals surface area contributed by atoms with Crippen LogP contribution in [0.4, 0.5) is 0 Å². The van der Waals surface area contributed by atoms with Gasteiger partial charge in [-0.25, -0.2) is 0 Å². The van der Waals surface area contributed by atoms with E-state index in [1.54, 1.807) is 26.4 Å². The number of hydrogen-bond donors (Lipinski definition) is 2. The number of unbranched alkanes of at least 4 members (excludes halogenated alkanes) is 1. The number of benzene rings is 2. The minimum absolute atomic E-state index is 0.0201. The SMILES string of the molecule is CCCCC(CCCNC(CCc1ccccc1)C(=O)c1cc(OC)c(C)c(OC)c1)C(=O)O. The van der Waals surface area contributed by atoms with Crippen molar-refractivity contribution in [1.29, 1.82) is 0 Å². The Hall–Kier alpha value is -2.86. The van der Waals surface area contributed by atoms with Crippen LogP contribution in [0.5, 0.6) is 11.5 Å². The number of carbonyl (C=O) groups excluding carboxylic acids is 1. The Bertz CT molecular complexity index is 887. The highest BCUT2D eigenvalue weighted by atomic mass is 16.5. The lowest BCUT2D eigenvalue weighted by molar-refractivity contribution is -0.142. The number of methoxy groups -OCH3 is 2. The summed E-state index contributed by atoms with van der Waals surface area (Å²) in [5, 5.41) is 12.9. The summed E-state index contributed by atoms with van der Waals surface area (Å²) in [6, 6.07) is 13.2. The lowest BCUT2D eigenvalue weighted by Crippen LogP contribution is -2.38. The standard InChI is InChI=1S/C28H39NO5/c1-5-6-13-22(28(31)32)14-10-17-29-24(16-15-21-11-8-7-9-12-21)27(30)23-18-25(33-3)20(2)26(19-23)34-4/h7-9,11-12,18-19,22,24,29H,5-6,10,13-17H2,1-4H3,(H,31,32). The van der Waals surface area contributed by atoms with Gasteiger partial charge in [0.2, 0.25) is 0 Å². The Kier molecular flexibility index (Phi) is 11.6. The van der Waals surface area contributed by atoms with Crippen molar-refractivity contribution >= 4 is 11.8 Å². The average Bonchev–Trinajstić information content (AvgIpc) is 2.85. The highest BCUT2D eigenvalue weighted by molar-refractivity contribution is 6.01. The van der Waals surface area contributed by atoms with Crippen LogP contribution in [0.3, 0.4) is 0 Å². The highest BCUT2D eigenvalue weighted by Crippen LogP contribution is 2.30. The van der Waals surface area contributed by atoms with Crippen molar-refractivity contribution in [2.45, 2.75) is 64.8 Å². The maximum absolute atomic E-state index is 13.5. The molecule has 0 heterocycles. The Morgan fingerprint density at radius 1 is 0.971 bits per heavy atom. The van der Waals surface area contributed by atoms with E-state index in [1.165, 1.54) is 5.56 Å². The third kappa shape index (κ3) is 8.17. The zero-order valence-electron chi connectivity index (χ0n) is 20.9. The summed E-state index contributed by atoms with van der Waals surface area (Å²) in [4.78, 5) is 25.1. The third-order valence-electron chi connectivity index (χ3n) is 6.29. The fourth-order valence-corrected chi connectivity index (χ4v) is 4.18. The first-order valence-corrected chi connectivity index (χ1v) is 12.2. The molecule has 0 saturated heterocycles. The first kappa shape index (κ1) is 27.4. The molecule has 0 aromatic heterocycles. The van der Waals surface area contributed by atoms with Crippen molar-refractivity contribution in [3.63, 3.8) is 0 Å². The molecule has 0 aliphatic carbocycles. The Labute approximate surface area is 203 Å². The second-order valence-corrected chi connectivity index (χ2v) is 8.72. The summed E-state index contributed by atoms with van der Waals surface area (Å²) in [6.45, 7) is 4.55. The highest BCUT2D eigenvalue weighted by Gasteiger charge is 2.23. The average molecular weight is 470 g/mol. The molecule has 2 aromatic carbocycles. The van der Waals surface area contributed by atoms with E-state index in [9.17, 15) is 14.7 Å². The van der Waals surface area contributed by atoms with Gasteiger partial charge in [-0.15, -0.1) is 0 Å². The van der Waals surface area contributed by atoms with Crippen LogP contribution in [-0.2, 0) is 11.2 Å². The van der Waals surface area contributed by atoms with Gasteiger partial charge in [-0.2, -0.15) is 0 Å². The lowest BCUT2D eigenvalue weighted by atomic mass is 9.95. The van der Waals surface area contributed by atoms with Crippen LogP contribution >= 0.6 is 0 Å². The molecule has 0 spiro atoms. The number of carboxylic acid groups (broad SMARTS) is 1. The van der Waals surface area contributed by atoms with Gasteiger partial charge in [0.15, 0.2) is 5.78 Å². The molecule has 0 fully saturated rings. The number of carboxylic acids is 1. The molecule has 0 aliphatic heterocycles. The summed E-state index contributed by atoms with van der Waals surface area (Å²) in [7, 11) is 3.16. The van der Waals surface area contributed by atoms with Crippen LogP contribution in [0.25, 0.3) is 0 Å². The fraction of sp³-hybridized carbons (Fsp3) is 0.500. The zero-order valence-corrected chi connectivity index (χ0v) is 20.9. The predicted octanol–water partition coefficient (Wildman–Crippen LogP) is 5.46. The molecule has 0 aliphatic rings. The monoisotopic (exact) mass is 469 g/mol. The van der Waals surface area contributed by atoms with Crippen molar-refractivity contribution in [3.05, 3.63) is 59.2 Å². The molecule has 0 saturated carbocycles. The van der Waals surface area contributed by atoms with Crippen LogP contribution in [0.1, 0.15) is 66.9 Å². The van der Waals surface area contributed by atoms with E-state index in [4.69, 9.17) is 9.47 Å². The second-order valence-electron chi connectivity index (χ2n) is 8.72. The summed E-state index contributed by atoms with van der Waals surface area (Å²) < 4.78 is 10.9. The maximum Gasteiger partial charge on any atom is 0.306 e. The van der Waals surface area contributed by atoms with Gasteiger partial charge in [0.1, 0.15) is 11.5 Å². The van der Waals surface area contributed by atoms with Gasteiger partial charge in [-0.05, 0) is 63.3 Å². The third-order valence-corrected chi connectivity index (χ3v) is 6.29. The van der Waals surface area contributed by atoms with Crippen molar-refractivity contribution in [1.82, 2.24) is 5.32 Å². The van der Waals surface area contributed by atoms with Gasteiger partial charge >= 0.3 is 5.97 Å². The number of nitrogens with one attached hydrogen (secondary N) is 1. The molecule has 2 aromatic rings. The Balaban J connectivity index is 2.12. The summed E-state index contributed by atoms with van der Waals surface area (Å²) >= 11 is 0. The van der Waals surface area contributed by atoms with Crippen LogP contribution in [0.15, 0.2) is 42.5 Å². The van der Waals surface area contributed by atoms with Crippen molar-refractivity contribution < 1.29 is 24.2 Å². The number of hydrogen-bond acceptors (Lipinski definition) is 5. The molecular formula is C28H39NO5. The van der Waals surface area contributed by atoms with Crippen LogP contribution in [0, 0.1) is 12.8 Å². The Morgan fingerprint density at radius 3 is 2.15 bits per heavy atom. The molecule has 186 valence electrons. The van der Waals surface area contributed by atoms with Crippen molar-refractivity contribution in [2.24, 2.45) is 5.92 Å². The maximum atomic E-state index is 13.5. The van der Waals surface area contributed by atoms with Gasteiger partial charge in [-0.1, -0.05) is 50.1 Å². The van der Waals surface area contributed by atoms with Crippen molar-refractivity contribution in [2.75, 3.05) is 20.8 Å². The molecule has 0 bridgehead atoms. The van der Waals surface area contributed by atoms with E-state index in [2.05, 4.69) is 24.4 Å². The minimum Gasteiger partial charge on any atom is -0.496 e. The van der Waals surface area contributed by atoms with Gasteiger partial charge in [0, 0.05) is 11.1 Å². The van der Waals surface area contributed by atoms with E-state index < -0.39 is 12.0 Å². The molecule has 2 atom stereocenters. The van der Waals surface area contributed by atoms with E-state index in [-0.39, 0.29) is 11.7 Å². The molecule has 6 heteroatoms. The van der Waals surface area contributed by atoms with Gasteiger partial charge in [0.05, 0.1) is 26.2 Å². The van der Waals surface area contributed by atoms with E-state index in [1.807, 2.05) is 25.1 Å². The fourth-order valence-electron chi connectivity index (χ4n) is 4.18. The quantitative estimate of drug-likeness (QED) is 0.251. The molecule has 34 heavy (non-hydrogen) atoms. The number of aliphatic carboxylic acids is 1. The first-order valence-electron chi connectivity index (χ1n) is 12.2. The number of ketones is 1. The number of aryl methyl sites for hydroxylation is 1. The summed E-state index contributed by atoms with van der Waals surface area (Å²) in [6.07, 6.45) is 5.31. The topological polar surface area (TPSA) is 84.9 Å². The second kappa shape index (κ2) is 14.4. The molecule has 2 N–H and O–H groups in total. The normalized spacial score (nSPS) is 12.7. The first-order chi connectivity index (χ1) is 16.4. The van der Waals surface area contributed by atoms with Gasteiger partial charge in [-0.3, -0.25) is 9.59 Å². The Morgan fingerprint density at radius 2 is 1.59 bits per heavy atom. The number of rotatable bonds is 16. The smallest absolute Gasteiger partial charge is 0.306 e. The minimum atomic E-state index is -0.732. The van der Waals surface area contributed by atoms with Crippen LogP contribution < -0.4 is 14.8 Å². The van der Waals surface area contributed by atoms with Crippen LogP contribution in [0.2, 0.25) is 0 Å². The van der Waals surface area contributed by atoms with Gasteiger partial charge < -0.3 is 19.9 Å².